The Labute approximate surface area is 88.1 Å². The maximum Gasteiger partial charge on any atom is 0.291 e. The normalized spacial score (nSPS) is 16.5. The van der Waals surface area contributed by atoms with Crippen molar-refractivity contribution in [2.45, 2.75) is 6.92 Å². The van der Waals surface area contributed by atoms with Gasteiger partial charge in [0.1, 0.15) is 0 Å². The zero-order chi connectivity index (χ0) is 10.7. The van der Waals surface area contributed by atoms with Gasteiger partial charge in [0, 0.05) is 25.5 Å². The van der Waals surface area contributed by atoms with Crippen molar-refractivity contribution in [1.29, 1.82) is 0 Å². The summed E-state index contributed by atoms with van der Waals surface area (Å²) in [5, 5.41) is 0. The van der Waals surface area contributed by atoms with E-state index in [1.165, 1.54) is 0 Å². The summed E-state index contributed by atoms with van der Waals surface area (Å²) < 4.78 is 5.17. The number of aromatic nitrogens is 2. The van der Waals surface area contributed by atoms with Crippen molar-refractivity contribution in [3.05, 3.63) is 23.8 Å². The highest BCUT2D eigenvalue weighted by atomic mass is 16.5. The minimum atomic E-state index is -0.113. The molecule has 0 radical (unpaired) electrons. The lowest BCUT2D eigenvalue weighted by Gasteiger charge is -2.25. The maximum atomic E-state index is 11.9. The fraction of sp³-hybridized carbons (Fsp3) is 0.500. The van der Waals surface area contributed by atoms with E-state index in [4.69, 9.17) is 4.74 Å². The molecule has 1 aliphatic rings. The smallest absolute Gasteiger partial charge is 0.291 e. The van der Waals surface area contributed by atoms with Gasteiger partial charge in [-0.25, -0.2) is 9.97 Å². The number of carbonyl (C=O) groups excluding carboxylic acids is 1. The molecule has 0 bridgehead atoms. The average molecular weight is 207 g/mol. The number of amides is 1. The van der Waals surface area contributed by atoms with Gasteiger partial charge in [0.05, 0.1) is 13.2 Å². The Morgan fingerprint density at radius 1 is 1.33 bits per heavy atom. The standard InChI is InChI=1S/C10H13N3O2/c1-8-6-11-9(12-7-8)10(14)13-2-4-15-5-3-13/h6-7H,2-5H2,1H3. The molecule has 1 amide bonds. The van der Waals surface area contributed by atoms with Crippen LogP contribution < -0.4 is 0 Å². The summed E-state index contributed by atoms with van der Waals surface area (Å²) in [7, 11) is 0. The molecular formula is C10H13N3O2. The molecule has 1 aromatic heterocycles. The first-order valence-corrected chi connectivity index (χ1v) is 4.93. The Hall–Kier alpha value is -1.49. The molecule has 1 aromatic rings. The summed E-state index contributed by atoms with van der Waals surface area (Å²) in [6, 6.07) is 0. The number of morpholine rings is 1. The molecule has 2 heterocycles. The van der Waals surface area contributed by atoms with Crippen molar-refractivity contribution < 1.29 is 9.53 Å². The maximum absolute atomic E-state index is 11.9. The summed E-state index contributed by atoms with van der Waals surface area (Å²) in [6.07, 6.45) is 3.31. The van der Waals surface area contributed by atoms with Crippen LogP contribution in [-0.4, -0.2) is 47.1 Å². The van der Waals surface area contributed by atoms with Crippen molar-refractivity contribution >= 4 is 5.91 Å². The minimum Gasteiger partial charge on any atom is -0.378 e. The summed E-state index contributed by atoms with van der Waals surface area (Å²) in [5.41, 5.74) is 0.952. The first-order valence-electron chi connectivity index (χ1n) is 4.93. The molecule has 0 aliphatic carbocycles. The lowest BCUT2D eigenvalue weighted by atomic mass is 10.3. The SMILES string of the molecule is Cc1cnc(C(=O)N2CCOCC2)nc1. The van der Waals surface area contributed by atoms with Gasteiger partial charge in [0.25, 0.3) is 5.91 Å². The highest BCUT2D eigenvalue weighted by Gasteiger charge is 2.20. The van der Waals surface area contributed by atoms with Crippen LogP contribution in [0.25, 0.3) is 0 Å². The van der Waals surface area contributed by atoms with E-state index in [9.17, 15) is 4.79 Å². The van der Waals surface area contributed by atoms with E-state index in [0.29, 0.717) is 26.3 Å². The number of hydrogen-bond donors (Lipinski definition) is 0. The first-order chi connectivity index (χ1) is 7.27. The summed E-state index contributed by atoms with van der Waals surface area (Å²) in [5.74, 6) is 0.154. The van der Waals surface area contributed by atoms with Gasteiger partial charge < -0.3 is 9.64 Å². The van der Waals surface area contributed by atoms with Crippen LogP contribution in [0.15, 0.2) is 12.4 Å². The lowest BCUT2D eigenvalue weighted by molar-refractivity contribution is 0.0294. The molecule has 80 valence electrons. The summed E-state index contributed by atoms with van der Waals surface area (Å²) in [4.78, 5) is 21.6. The van der Waals surface area contributed by atoms with Gasteiger partial charge in [-0.2, -0.15) is 0 Å². The van der Waals surface area contributed by atoms with E-state index in [2.05, 4.69) is 9.97 Å². The first kappa shape index (κ1) is 10.0. The predicted molar refractivity (Wildman–Crippen MR) is 53.5 cm³/mol. The molecule has 0 atom stereocenters. The molecule has 1 aliphatic heterocycles. The van der Waals surface area contributed by atoms with Gasteiger partial charge in [0.2, 0.25) is 5.82 Å². The van der Waals surface area contributed by atoms with Gasteiger partial charge in [-0.1, -0.05) is 0 Å². The Kier molecular flexibility index (Phi) is 2.91. The Bertz CT molecular complexity index is 344. The van der Waals surface area contributed by atoms with Crippen LogP contribution in [0.5, 0.6) is 0 Å². The summed E-state index contributed by atoms with van der Waals surface area (Å²) >= 11 is 0. The van der Waals surface area contributed by atoms with Crippen LogP contribution in [0.2, 0.25) is 0 Å². The van der Waals surface area contributed by atoms with Crippen molar-refractivity contribution in [3.8, 4) is 0 Å². The number of rotatable bonds is 1. The van der Waals surface area contributed by atoms with Gasteiger partial charge >= 0.3 is 0 Å². The third kappa shape index (κ3) is 2.30. The molecule has 0 saturated carbocycles. The molecule has 15 heavy (non-hydrogen) atoms. The zero-order valence-corrected chi connectivity index (χ0v) is 8.64. The molecule has 1 fully saturated rings. The van der Waals surface area contributed by atoms with Crippen molar-refractivity contribution in [1.82, 2.24) is 14.9 Å². The third-order valence-electron chi connectivity index (χ3n) is 2.27. The Balaban J connectivity index is 2.09. The molecule has 1 saturated heterocycles. The fourth-order valence-electron chi connectivity index (χ4n) is 1.41. The molecule has 0 N–H and O–H groups in total. The van der Waals surface area contributed by atoms with Crippen LogP contribution >= 0.6 is 0 Å². The van der Waals surface area contributed by atoms with E-state index in [-0.39, 0.29) is 11.7 Å². The van der Waals surface area contributed by atoms with E-state index in [1.54, 1.807) is 17.3 Å². The second-order valence-electron chi connectivity index (χ2n) is 3.49. The van der Waals surface area contributed by atoms with Gasteiger partial charge in [-0.15, -0.1) is 0 Å². The van der Waals surface area contributed by atoms with Crippen LogP contribution in [0.3, 0.4) is 0 Å². The number of aryl methyl sites for hydroxylation is 1. The minimum absolute atomic E-state index is 0.113. The van der Waals surface area contributed by atoms with Gasteiger partial charge in [0.15, 0.2) is 0 Å². The fourth-order valence-corrected chi connectivity index (χ4v) is 1.41. The number of ether oxygens (including phenoxy) is 1. The molecule has 2 rings (SSSR count). The Morgan fingerprint density at radius 2 is 1.93 bits per heavy atom. The largest absolute Gasteiger partial charge is 0.378 e. The van der Waals surface area contributed by atoms with Crippen molar-refractivity contribution in [2.24, 2.45) is 0 Å². The second-order valence-corrected chi connectivity index (χ2v) is 3.49. The topological polar surface area (TPSA) is 55.3 Å². The number of hydrogen-bond acceptors (Lipinski definition) is 4. The summed E-state index contributed by atoms with van der Waals surface area (Å²) in [6.45, 7) is 4.32. The van der Waals surface area contributed by atoms with Crippen molar-refractivity contribution in [3.63, 3.8) is 0 Å². The molecule has 0 aromatic carbocycles. The van der Waals surface area contributed by atoms with Crippen LogP contribution in [0, 0.1) is 6.92 Å². The monoisotopic (exact) mass is 207 g/mol. The highest BCUT2D eigenvalue weighted by molar-refractivity contribution is 5.90. The van der Waals surface area contributed by atoms with Crippen LogP contribution in [0.1, 0.15) is 16.2 Å². The van der Waals surface area contributed by atoms with E-state index in [1.807, 2.05) is 6.92 Å². The third-order valence-corrected chi connectivity index (χ3v) is 2.27. The van der Waals surface area contributed by atoms with E-state index >= 15 is 0 Å². The second kappa shape index (κ2) is 4.35. The zero-order valence-electron chi connectivity index (χ0n) is 8.64. The lowest BCUT2D eigenvalue weighted by Crippen LogP contribution is -2.41. The molecule has 5 heteroatoms. The van der Waals surface area contributed by atoms with E-state index < -0.39 is 0 Å². The van der Waals surface area contributed by atoms with Crippen LogP contribution in [0.4, 0.5) is 0 Å². The molecule has 0 spiro atoms. The molecule has 5 nitrogen and oxygen atoms in total. The Morgan fingerprint density at radius 3 is 2.53 bits per heavy atom. The average Bonchev–Trinajstić information content (AvgIpc) is 2.30. The van der Waals surface area contributed by atoms with Crippen molar-refractivity contribution in [2.75, 3.05) is 26.3 Å². The van der Waals surface area contributed by atoms with Gasteiger partial charge in [-0.05, 0) is 12.5 Å². The van der Waals surface area contributed by atoms with E-state index in [0.717, 1.165) is 5.56 Å². The predicted octanol–water partition coefficient (Wildman–Crippen LogP) is 0.257. The molecule has 0 unspecified atom stereocenters. The quantitative estimate of drug-likeness (QED) is 0.662. The van der Waals surface area contributed by atoms with Crippen LogP contribution in [-0.2, 0) is 4.74 Å². The highest BCUT2D eigenvalue weighted by Crippen LogP contribution is 2.03. The van der Waals surface area contributed by atoms with Gasteiger partial charge in [-0.3, -0.25) is 4.79 Å². The number of nitrogens with zero attached hydrogens (tertiary/aromatic N) is 3. The number of carbonyl (C=O) groups is 1. The molecular weight excluding hydrogens is 194 g/mol.